The summed E-state index contributed by atoms with van der Waals surface area (Å²) in [6.07, 6.45) is 2.80. The topological polar surface area (TPSA) is 54.3 Å². The molecule has 0 bridgehead atoms. The van der Waals surface area contributed by atoms with Crippen LogP contribution in [0.3, 0.4) is 0 Å². The van der Waals surface area contributed by atoms with Crippen LogP contribution in [0.2, 0.25) is 5.02 Å². The van der Waals surface area contributed by atoms with Crippen molar-refractivity contribution in [2.45, 2.75) is 32.2 Å². The second-order valence-corrected chi connectivity index (χ2v) is 6.54. The van der Waals surface area contributed by atoms with E-state index in [-0.39, 0.29) is 5.54 Å². The first-order chi connectivity index (χ1) is 12.0. The highest BCUT2D eigenvalue weighted by Gasteiger charge is 2.31. The fourth-order valence-electron chi connectivity index (χ4n) is 3.66. The largest absolute Gasteiger partial charge is 0.465 e. The fourth-order valence-corrected chi connectivity index (χ4v) is 3.79. The first kappa shape index (κ1) is 17.4. The molecule has 1 aromatic heterocycles. The minimum atomic E-state index is -1.06. The average Bonchev–Trinajstić information content (AvgIpc) is 3.03. The van der Waals surface area contributed by atoms with Crippen molar-refractivity contribution < 1.29 is 9.90 Å². The second kappa shape index (κ2) is 6.81. The van der Waals surface area contributed by atoms with E-state index in [9.17, 15) is 4.79 Å². The molecule has 0 atom stereocenters. The van der Waals surface area contributed by atoms with Crippen molar-refractivity contribution in [3.05, 3.63) is 65.3 Å². The Morgan fingerprint density at radius 3 is 2.40 bits per heavy atom. The van der Waals surface area contributed by atoms with Gasteiger partial charge in [-0.2, -0.15) is 0 Å². The SMILES string of the molecule is CCC(CC)(c1ccc(Cl)cc1)n1ccc2c(NC(=O)O)cccc21. The van der Waals surface area contributed by atoms with Crippen LogP contribution in [0.15, 0.2) is 54.7 Å². The van der Waals surface area contributed by atoms with Gasteiger partial charge < -0.3 is 9.67 Å². The van der Waals surface area contributed by atoms with E-state index in [1.165, 1.54) is 5.56 Å². The van der Waals surface area contributed by atoms with Crippen LogP contribution in [0.25, 0.3) is 10.9 Å². The molecular weight excluding hydrogens is 336 g/mol. The summed E-state index contributed by atoms with van der Waals surface area (Å²) in [5.74, 6) is 0. The summed E-state index contributed by atoms with van der Waals surface area (Å²) in [6.45, 7) is 4.34. The van der Waals surface area contributed by atoms with E-state index in [1.807, 2.05) is 36.5 Å². The summed E-state index contributed by atoms with van der Waals surface area (Å²) >= 11 is 6.07. The lowest BCUT2D eigenvalue weighted by Gasteiger charge is -2.35. The molecule has 0 aliphatic carbocycles. The smallest absolute Gasteiger partial charge is 0.409 e. The molecule has 0 unspecified atom stereocenters. The first-order valence-electron chi connectivity index (χ1n) is 8.38. The maximum Gasteiger partial charge on any atom is 0.409 e. The van der Waals surface area contributed by atoms with Gasteiger partial charge in [0.05, 0.1) is 16.7 Å². The number of hydrogen-bond acceptors (Lipinski definition) is 1. The Labute approximate surface area is 152 Å². The van der Waals surface area contributed by atoms with Gasteiger partial charge in [-0.05, 0) is 48.7 Å². The van der Waals surface area contributed by atoms with Gasteiger partial charge in [0.1, 0.15) is 0 Å². The normalized spacial score (nSPS) is 11.6. The van der Waals surface area contributed by atoms with E-state index in [2.05, 4.69) is 35.9 Å². The van der Waals surface area contributed by atoms with Crippen LogP contribution in [-0.4, -0.2) is 15.8 Å². The second-order valence-electron chi connectivity index (χ2n) is 6.10. The highest BCUT2D eigenvalue weighted by Crippen LogP contribution is 2.38. The van der Waals surface area contributed by atoms with Crippen molar-refractivity contribution in [3.8, 4) is 0 Å². The molecular formula is C20H21ClN2O2. The molecule has 4 nitrogen and oxygen atoms in total. The minimum Gasteiger partial charge on any atom is -0.465 e. The van der Waals surface area contributed by atoms with Crippen LogP contribution < -0.4 is 5.32 Å². The number of hydrogen-bond donors (Lipinski definition) is 2. The van der Waals surface area contributed by atoms with Crippen molar-refractivity contribution in [2.75, 3.05) is 5.32 Å². The zero-order chi connectivity index (χ0) is 18.0. The molecule has 1 heterocycles. The monoisotopic (exact) mass is 356 g/mol. The molecule has 0 saturated heterocycles. The molecule has 130 valence electrons. The summed E-state index contributed by atoms with van der Waals surface area (Å²) in [4.78, 5) is 11.1. The van der Waals surface area contributed by atoms with Gasteiger partial charge in [0.15, 0.2) is 0 Å². The average molecular weight is 357 g/mol. The van der Waals surface area contributed by atoms with Crippen LogP contribution in [-0.2, 0) is 5.54 Å². The van der Waals surface area contributed by atoms with Crippen LogP contribution >= 0.6 is 11.6 Å². The van der Waals surface area contributed by atoms with Crippen LogP contribution in [0.4, 0.5) is 10.5 Å². The van der Waals surface area contributed by atoms with Crippen LogP contribution in [0, 0.1) is 0 Å². The van der Waals surface area contributed by atoms with Crippen LogP contribution in [0.5, 0.6) is 0 Å². The Balaban J connectivity index is 2.21. The Morgan fingerprint density at radius 1 is 1.12 bits per heavy atom. The number of benzene rings is 2. The van der Waals surface area contributed by atoms with Gasteiger partial charge in [-0.25, -0.2) is 4.79 Å². The summed E-state index contributed by atoms with van der Waals surface area (Å²) in [5, 5.41) is 13.2. The van der Waals surface area contributed by atoms with E-state index in [0.29, 0.717) is 5.69 Å². The summed E-state index contributed by atoms with van der Waals surface area (Å²) in [7, 11) is 0. The molecule has 1 amide bonds. The van der Waals surface area contributed by atoms with Crippen LogP contribution in [0.1, 0.15) is 32.3 Å². The molecule has 2 N–H and O–H groups in total. The fraction of sp³-hybridized carbons (Fsp3) is 0.250. The highest BCUT2D eigenvalue weighted by molar-refractivity contribution is 6.30. The van der Waals surface area contributed by atoms with Gasteiger partial charge in [0, 0.05) is 16.6 Å². The van der Waals surface area contributed by atoms with Crippen molar-refractivity contribution in [3.63, 3.8) is 0 Å². The molecule has 0 radical (unpaired) electrons. The highest BCUT2D eigenvalue weighted by atomic mass is 35.5. The summed E-state index contributed by atoms with van der Waals surface area (Å²) in [6, 6.07) is 15.6. The van der Waals surface area contributed by atoms with Gasteiger partial charge in [-0.1, -0.05) is 43.6 Å². The van der Waals surface area contributed by atoms with E-state index >= 15 is 0 Å². The number of carbonyl (C=O) groups is 1. The Morgan fingerprint density at radius 2 is 1.80 bits per heavy atom. The number of nitrogens with zero attached hydrogens (tertiary/aromatic N) is 1. The van der Waals surface area contributed by atoms with Crippen molar-refractivity contribution >= 4 is 34.3 Å². The van der Waals surface area contributed by atoms with E-state index in [4.69, 9.17) is 16.7 Å². The molecule has 5 heteroatoms. The summed E-state index contributed by atoms with van der Waals surface area (Å²) in [5.41, 5.74) is 2.58. The molecule has 2 aromatic carbocycles. The molecule has 25 heavy (non-hydrogen) atoms. The van der Waals surface area contributed by atoms with E-state index < -0.39 is 6.09 Å². The maximum atomic E-state index is 11.1. The maximum absolute atomic E-state index is 11.1. The first-order valence-corrected chi connectivity index (χ1v) is 8.76. The lowest BCUT2D eigenvalue weighted by Crippen LogP contribution is -2.33. The van der Waals surface area contributed by atoms with Gasteiger partial charge in [0.2, 0.25) is 0 Å². The third-order valence-corrected chi connectivity index (χ3v) is 5.24. The molecule has 0 aliphatic rings. The lowest BCUT2D eigenvalue weighted by molar-refractivity contribution is 0.210. The van der Waals surface area contributed by atoms with Gasteiger partial charge in [-0.15, -0.1) is 0 Å². The predicted octanol–water partition coefficient (Wildman–Crippen LogP) is 5.95. The lowest BCUT2D eigenvalue weighted by atomic mass is 9.84. The standard InChI is InChI=1S/C20H21ClN2O2/c1-3-20(4-2,14-8-10-15(21)11-9-14)23-13-12-16-17(22-19(24)25)6-5-7-18(16)23/h5-13,22H,3-4H2,1-2H3,(H,24,25). The number of amides is 1. The molecule has 3 rings (SSSR count). The Hall–Kier alpha value is -2.46. The molecule has 0 spiro atoms. The molecule has 0 saturated carbocycles. The number of aromatic nitrogens is 1. The Kier molecular flexibility index (Phi) is 4.73. The minimum absolute atomic E-state index is 0.214. The number of halogens is 1. The Bertz CT molecular complexity index is 896. The van der Waals surface area contributed by atoms with Crippen molar-refractivity contribution in [1.82, 2.24) is 4.57 Å². The number of fused-ring (bicyclic) bond motifs is 1. The van der Waals surface area contributed by atoms with Gasteiger partial charge in [-0.3, -0.25) is 5.32 Å². The third kappa shape index (κ3) is 2.98. The number of nitrogens with one attached hydrogen (secondary N) is 1. The predicted molar refractivity (Wildman–Crippen MR) is 103 cm³/mol. The molecule has 3 aromatic rings. The zero-order valence-corrected chi connectivity index (χ0v) is 15.0. The van der Waals surface area contributed by atoms with E-state index in [0.717, 1.165) is 28.8 Å². The zero-order valence-electron chi connectivity index (χ0n) is 14.3. The third-order valence-electron chi connectivity index (χ3n) is 4.99. The number of carboxylic acid groups (broad SMARTS) is 1. The summed E-state index contributed by atoms with van der Waals surface area (Å²) < 4.78 is 2.25. The van der Waals surface area contributed by atoms with Gasteiger partial charge in [0.25, 0.3) is 0 Å². The van der Waals surface area contributed by atoms with Gasteiger partial charge >= 0.3 is 6.09 Å². The molecule has 0 fully saturated rings. The van der Waals surface area contributed by atoms with E-state index in [1.54, 1.807) is 6.07 Å². The van der Waals surface area contributed by atoms with Crippen molar-refractivity contribution in [2.24, 2.45) is 0 Å². The number of rotatable bonds is 5. The van der Waals surface area contributed by atoms with Crippen molar-refractivity contribution in [1.29, 1.82) is 0 Å². The quantitative estimate of drug-likeness (QED) is 0.593. The molecule has 0 aliphatic heterocycles. The number of anilines is 1.